The van der Waals surface area contributed by atoms with Crippen molar-refractivity contribution in [1.82, 2.24) is 0 Å². The van der Waals surface area contributed by atoms with Gasteiger partial charge in [-0.1, -0.05) is 32.3 Å². The van der Waals surface area contributed by atoms with Crippen LogP contribution in [0.5, 0.6) is 11.5 Å². The largest absolute Gasteiger partial charge is 0.504 e. The highest BCUT2D eigenvalue weighted by molar-refractivity contribution is 5.54. The van der Waals surface area contributed by atoms with Crippen molar-refractivity contribution in [2.75, 3.05) is 7.11 Å². The van der Waals surface area contributed by atoms with E-state index in [0.717, 1.165) is 37.5 Å². The molecular weight excluding hydrogens is 280 g/mol. The van der Waals surface area contributed by atoms with E-state index in [-0.39, 0.29) is 17.8 Å². The molecule has 2 unspecified atom stereocenters. The van der Waals surface area contributed by atoms with E-state index in [4.69, 9.17) is 4.74 Å². The molecule has 0 spiro atoms. The Morgan fingerprint density at radius 1 is 1.23 bits per heavy atom. The number of carbonyl (C=O) groups is 1. The predicted molar refractivity (Wildman–Crippen MR) is 87.3 cm³/mol. The van der Waals surface area contributed by atoms with Crippen LogP contribution in [0.2, 0.25) is 0 Å². The molecule has 0 heterocycles. The first-order valence-electron chi connectivity index (χ1n) is 8.09. The number of phenolic OH excluding ortho intramolecular Hbond substituents is 1. The molecule has 4 heteroatoms. The fraction of sp³-hybridized carbons (Fsp3) is 0.611. The van der Waals surface area contributed by atoms with Crippen molar-refractivity contribution < 1.29 is 19.7 Å². The lowest BCUT2D eigenvalue weighted by Crippen LogP contribution is -2.12. The Morgan fingerprint density at radius 3 is 2.64 bits per heavy atom. The molecule has 0 bridgehead atoms. The molecule has 0 fully saturated rings. The number of phenols is 1. The number of ether oxygens (including phenoxy) is 1. The van der Waals surface area contributed by atoms with E-state index in [9.17, 15) is 15.0 Å². The Labute approximate surface area is 133 Å². The quantitative estimate of drug-likeness (QED) is 0.485. The molecule has 0 aliphatic heterocycles. The Balaban J connectivity index is 2.46. The summed E-state index contributed by atoms with van der Waals surface area (Å²) in [6.45, 7) is 2.14. The Bertz CT molecular complexity index is 445. The highest BCUT2D eigenvalue weighted by Crippen LogP contribution is 2.27. The zero-order valence-corrected chi connectivity index (χ0v) is 13.6. The number of carbonyl (C=O) groups excluding carboxylic acids is 1. The summed E-state index contributed by atoms with van der Waals surface area (Å²) < 4.78 is 5.08. The smallest absolute Gasteiger partial charge is 0.160 e. The van der Waals surface area contributed by atoms with Gasteiger partial charge in [0.1, 0.15) is 6.29 Å². The predicted octanol–water partition coefficient (Wildman–Crippen LogP) is 3.48. The lowest BCUT2D eigenvalue weighted by atomic mass is 9.93. The molecule has 0 saturated carbocycles. The number of aliphatic hydroxyl groups is 1. The second kappa shape index (κ2) is 10.2. The van der Waals surface area contributed by atoms with Crippen LogP contribution in [-0.2, 0) is 11.2 Å². The lowest BCUT2D eigenvalue weighted by molar-refractivity contribution is -0.111. The molecule has 0 radical (unpaired) electrons. The third-order valence-corrected chi connectivity index (χ3v) is 3.95. The van der Waals surface area contributed by atoms with Gasteiger partial charge in [-0.2, -0.15) is 0 Å². The number of unbranched alkanes of at least 4 members (excludes halogenated alkanes) is 2. The van der Waals surface area contributed by atoms with E-state index in [2.05, 4.69) is 6.92 Å². The summed E-state index contributed by atoms with van der Waals surface area (Å²) in [7, 11) is 1.50. The maximum Gasteiger partial charge on any atom is 0.160 e. The molecule has 0 aliphatic carbocycles. The van der Waals surface area contributed by atoms with E-state index in [0.29, 0.717) is 25.0 Å². The SMILES string of the molecule is CCCCCC(O)CCC(C=O)Cc1ccc(O)c(OC)c1. The van der Waals surface area contributed by atoms with Crippen molar-refractivity contribution >= 4 is 6.29 Å². The summed E-state index contributed by atoms with van der Waals surface area (Å²) >= 11 is 0. The standard InChI is InChI=1S/C18H28O4/c1-3-4-5-6-16(20)9-7-15(13-19)11-14-8-10-17(21)18(12-14)22-2/h8,10,12-13,15-16,20-21H,3-7,9,11H2,1-2H3. The third-order valence-electron chi connectivity index (χ3n) is 3.95. The number of aromatic hydroxyl groups is 1. The van der Waals surface area contributed by atoms with E-state index in [1.807, 2.05) is 0 Å². The molecule has 2 N–H and O–H groups in total. The zero-order valence-electron chi connectivity index (χ0n) is 13.6. The molecule has 124 valence electrons. The van der Waals surface area contributed by atoms with Crippen molar-refractivity contribution in [3.63, 3.8) is 0 Å². The van der Waals surface area contributed by atoms with Gasteiger partial charge in [-0.15, -0.1) is 0 Å². The van der Waals surface area contributed by atoms with Crippen molar-refractivity contribution in [2.24, 2.45) is 5.92 Å². The van der Waals surface area contributed by atoms with Crippen LogP contribution in [0.3, 0.4) is 0 Å². The molecule has 0 aliphatic rings. The summed E-state index contributed by atoms with van der Waals surface area (Å²) in [5, 5.41) is 19.5. The van der Waals surface area contributed by atoms with Gasteiger partial charge in [-0.05, 0) is 43.4 Å². The van der Waals surface area contributed by atoms with Crippen LogP contribution in [0.4, 0.5) is 0 Å². The molecular formula is C18H28O4. The Hall–Kier alpha value is -1.55. The number of hydrogen-bond donors (Lipinski definition) is 2. The van der Waals surface area contributed by atoms with E-state index < -0.39 is 0 Å². The first-order chi connectivity index (χ1) is 10.6. The first kappa shape index (κ1) is 18.5. The Morgan fingerprint density at radius 2 is 2.00 bits per heavy atom. The van der Waals surface area contributed by atoms with E-state index in [1.54, 1.807) is 18.2 Å². The fourth-order valence-corrected chi connectivity index (χ4v) is 2.55. The van der Waals surface area contributed by atoms with Crippen molar-refractivity contribution in [2.45, 2.75) is 58.0 Å². The molecule has 4 nitrogen and oxygen atoms in total. The summed E-state index contributed by atoms with van der Waals surface area (Å²) in [6, 6.07) is 5.13. The van der Waals surface area contributed by atoms with Crippen molar-refractivity contribution in [3.05, 3.63) is 23.8 Å². The minimum Gasteiger partial charge on any atom is -0.504 e. The van der Waals surface area contributed by atoms with Crippen molar-refractivity contribution in [3.8, 4) is 11.5 Å². The fourth-order valence-electron chi connectivity index (χ4n) is 2.55. The monoisotopic (exact) mass is 308 g/mol. The molecule has 1 aromatic rings. The average molecular weight is 308 g/mol. The van der Waals surface area contributed by atoms with Crippen LogP contribution in [0.15, 0.2) is 18.2 Å². The van der Waals surface area contributed by atoms with Crippen LogP contribution in [0.25, 0.3) is 0 Å². The number of aliphatic hydroxyl groups excluding tert-OH is 1. The molecule has 1 aromatic carbocycles. The second-order valence-electron chi connectivity index (χ2n) is 5.83. The number of rotatable bonds is 11. The summed E-state index contributed by atoms with van der Waals surface area (Å²) in [5.41, 5.74) is 0.951. The van der Waals surface area contributed by atoms with Gasteiger partial charge >= 0.3 is 0 Å². The highest BCUT2D eigenvalue weighted by Gasteiger charge is 2.13. The lowest BCUT2D eigenvalue weighted by Gasteiger charge is -2.15. The van der Waals surface area contributed by atoms with Gasteiger partial charge < -0.3 is 19.7 Å². The van der Waals surface area contributed by atoms with Gasteiger partial charge in [0.2, 0.25) is 0 Å². The zero-order chi connectivity index (χ0) is 16.4. The molecule has 0 aromatic heterocycles. The Kier molecular flexibility index (Phi) is 8.60. The molecule has 1 rings (SSSR count). The first-order valence-corrected chi connectivity index (χ1v) is 8.09. The molecule has 0 amide bonds. The maximum absolute atomic E-state index is 11.2. The number of benzene rings is 1. The number of aldehydes is 1. The van der Waals surface area contributed by atoms with Gasteiger partial charge in [0, 0.05) is 5.92 Å². The third kappa shape index (κ3) is 6.48. The topological polar surface area (TPSA) is 66.8 Å². The molecule has 2 atom stereocenters. The minimum absolute atomic E-state index is 0.0975. The summed E-state index contributed by atoms with van der Waals surface area (Å²) in [4.78, 5) is 11.2. The van der Waals surface area contributed by atoms with Crippen LogP contribution in [-0.4, -0.2) is 29.7 Å². The van der Waals surface area contributed by atoms with Crippen molar-refractivity contribution in [1.29, 1.82) is 0 Å². The van der Waals surface area contributed by atoms with Gasteiger partial charge in [0.25, 0.3) is 0 Å². The second-order valence-corrected chi connectivity index (χ2v) is 5.83. The van der Waals surface area contributed by atoms with Gasteiger partial charge in [-0.3, -0.25) is 0 Å². The van der Waals surface area contributed by atoms with Crippen LogP contribution in [0.1, 0.15) is 51.0 Å². The highest BCUT2D eigenvalue weighted by atomic mass is 16.5. The van der Waals surface area contributed by atoms with Gasteiger partial charge in [0.15, 0.2) is 11.5 Å². The maximum atomic E-state index is 11.2. The van der Waals surface area contributed by atoms with Crippen LogP contribution >= 0.6 is 0 Å². The van der Waals surface area contributed by atoms with Crippen LogP contribution in [0, 0.1) is 5.92 Å². The molecule has 22 heavy (non-hydrogen) atoms. The molecule has 0 saturated heterocycles. The number of hydrogen-bond acceptors (Lipinski definition) is 4. The summed E-state index contributed by atoms with van der Waals surface area (Å²) in [6.07, 6.45) is 6.71. The normalized spacial score (nSPS) is 13.6. The van der Waals surface area contributed by atoms with Crippen LogP contribution < -0.4 is 4.74 Å². The van der Waals surface area contributed by atoms with Gasteiger partial charge in [0.05, 0.1) is 13.2 Å². The summed E-state index contributed by atoms with van der Waals surface area (Å²) in [5.74, 6) is 0.400. The number of methoxy groups -OCH3 is 1. The minimum atomic E-state index is -0.316. The van der Waals surface area contributed by atoms with E-state index in [1.165, 1.54) is 7.11 Å². The van der Waals surface area contributed by atoms with Gasteiger partial charge in [-0.25, -0.2) is 0 Å². The average Bonchev–Trinajstić information content (AvgIpc) is 2.53. The van der Waals surface area contributed by atoms with E-state index >= 15 is 0 Å².